The summed E-state index contributed by atoms with van der Waals surface area (Å²) in [4.78, 5) is 35.3. The van der Waals surface area contributed by atoms with Gasteiger partial charge in [0.15, 0.2) is 12.4 Å². The van der Waals surface area contributed by atoms with Crippen molar-refractivity contribution in [3.8, 4) is 0 Å². The fourth-order valence-electron chi connectivity index (χ4n) is 2.73. The quantitative estimate of drug-likeness (QED) is 0.604. The summed E-state index contributed by atoms with van der Waals surface area (Å²) in [5, 5.41) is 3.43. The number of Topliss-reactive ketones (excluding diaryl/α,β-unsaturated/α-hetero) is 1. The van der Waals surface area contributed by atoms with Crippen molar-refractivity contribution in [2.45, 2.75) is 51.0 Å². The van der Waals surface area contributed by atoms with Crippen LogP contribution in [0.15, 0.2) is 24.3 Å². The van der Waals surface area contributed by atoms with E-state index >= 15 is 0 Å². The first-order valence-electron chi connectivity index (χ1n) is 8.28. The summed E-state index contributed by atoms with van der Waals surface area (Å²) in [7, 11) is 0. The molecule has 0 heterocycles. The Balaban J connectivity index is 1.64. The van der Waals surface area contributed by atoms with E-state index in [2.05, 4.69) is 5.32 Å². The minimum atomic E-state index is -0.545. The average Bonchev–Trinajstić information content (AvgIpc) is 2.59. The Hall–Kier alpha value is -1.88. The van der Waals surface area contributed by atoms with Crippen LogP contribution in [0.25, 0.3) is 0 Å². The second-order valence-electron chi connectivity index (χ2n) is 5.99. The van der Waals surface area contributed by atoms with Gasteiger partial charge >= 0.3 is 5.97 Å². The number of ketones is 1. The summed E-state index contributed by atoms with van der Waals surface area (Å²) in [5.74, 6) is -0.981. The van der Waals surface area contributed by atoms with Gasteiger partial charge in [-0.1, -0.05) is 30.9 Å². The highest BCUT2D eigenvalue weighted by Gasteiger charge is 2.17. The van der Waals surface area contributed by atoms with Crippen LogP contribution in [0.4, 0.5) is 0 Å². The highest BCUT2D eigenvalue weighted by atomic mass is 35.5. The van der Waals surface area contributed by atoms with Crippen LogP contribution in [-0.4, -0.2) is 30.3 Å². The molecule has 5 nitrogen and oxygen atoms in total. The predicted octanol–water partition coefficient (Wildman–Crippen LogP) is 3.30. The first-order chi connectivity index (χ1) is 11.5. The number of amides is 1. The van der Waals surface area contributed by atoms with E-state index in [1.54, 1.807) is 24.3 Å². The van der Waals surface area contributed by atoms with Crippen molar-refractivity contribution in [1.29, 1.82) is 0 Å². The van der Waals surface area contributed by atoms with Gasteiger partial charge < -0.3 is 10.1 Å². The predicted molar refractivity (Wildman–Crippen MR) is 91.0 cm³/mol. The number of ether oxygens (including phenoxy) is 1. The zero-order valence-electron chi connectivity index (χ0n) is 13.6. The van der Waals surface area contributed by atoms with Crippen molar-refractivity contribution < 1.29 is 19.1 Å². The minimum Gasteiger partial charge on any atom is -0.456 e. The standard InChI is InChI=1S/C18H22ClNO4/c19-14-8-6-13(7-9-14)16(21)10-11-18(23)24-12-17(22)20-15-4-2-1-3-5-15/h6-9,15H,1-5,10-12H2,(H,20,22). The molecule has 0 aromatic heterocycles. The maximum atomic E-state index is 11.9. The Morgan fingerprint density at radius 2 is 1.71 bits per heavy atom. The van der Waals surface area contributed by atoms with Crippen LogP contribution in [0.3, 0.4) is 0 Å². The number of benzene rings is 1. The number of carbonyl (C=O) groups is 3. The molecule has 130 valence electrons. The number of halogens is 1. The minimum absolute atomic E-state index is 0.0435. The molecule has 0 spiro atoms. The summed E-state index contributed by atoms with van der Waals surface area (Å²) in [6.45, 7) is -0.287. The van der Waals surface area contributed by atoms with Crippen LogP contribution in [0.1, 0.15) is 55.3 Å². The second-order valence-corrected chi connectivity index (χ2v) is 6.43. The molecule has 0 radical (unpaired) electrons. The Bertz CT molecular complexity index is 579. The third-order valence-corrected chi connectivity index (χ3v) is 4.31. The SMILES string of the molecule is O=C(COC(=O)CCC(=O)c1ccc(Cl)cc1)NC1CCCCC1. The lowest BCUT2D eigenvalue weighted by Gasteiger charge is -2.22. The number of rotatable bonds is 7. The molecule has 1 amide bonds. The molecular formula is C18H22ClNO4. The third-order valence-electron chi connectivity index (χ3n) is 4.06. The van der Waals surface area contributed by atoms with Gasteiger partial charge in [-0.3, -0.25) is 14.4 Å². The summed E-state index contributed by atoms with van der Waals surface area (Å²) in [6.07, 6.45) is 5.42. The summed E-state index contributed by atoms with van der Waals surface area (Å²) >= 11 is 5.76. The van der Waals surface area contributed by atoms with Gasteiger partial charge in [0.05, 0.1) is 6.42 Å². The number of nitrogens with one attached hydrogen (secondary N) is 1. The van der Waals surface area contributed by atoms with Gasteiger partial charge in [0.2, 0.25) is 0 Å². The molecule has 1 aromatic rings. The van der Waals surface area contributed by atoms with E-state index in [1.165, 1.54) is 6.42 Å². The summed E-state index contributed by atoms with van der Waals surface area (Å²) in [5.41, 5.74) is 0.502. The van der Waals surface area contributed by atoms with Gasteiger partial charge in [-0.05, 0) is 37.1 Å². The Morgan fingerprint density at radius 1 is 1.04 bits per heavy atom. The van der Waals surface area contributed by atoms with Crippen LogP contribution in [0.5, 0.6) is 0 Å². The number of carbonyl (C=O) groups excluding carboxylic acids is 3. The van der Waals surface area contributed by atoms with Crippen LogP contribution < -0.4 is 5.32 Å². The molecule has 1 fully saturated rings. The van der Waals surface area contributed by atoms with Gasteiger partial charge in [0.25, 0.3) is 5.91 Å². The number of esters is 1. The van der Waals surface area contributed by atoms with Crippen molar-refractivity contribution in [2.75, 3.05) is 6.61 Å². The zero-order chi connectivity index (χ0) is 17.4. The van der Waals surface area contributed by atoms with Crippen molar-refractivity contribution in [3.05, 3.63) is 34.9 Å². The van der Waals surface area contributed by atoms with Gasteiger partial charge in [-0.15, -0.1) is 0 Å². The Labute approximate surface area is 146 Å². The van der Waals surface area contributed by atoms with Crippen LogP contribution in [0.2, 0.25) is 5.02 Å². The van der Waals surface area contributed by atoms with E-state index in [4.69, 9.17) is 16.3 Å². The smallest absolute Gasteiger partial charge is 0.306 e. The molecule has 1 N–H and O–H groups in total. The van der Waals surface area contributed by atoms with Crippen molar-refractivity contribution in [1.82, 2.24) is 5.32 Å². The molecule has 1 aliphatic carbocycles. The monoisotopic (exact) mass is 351 g/mol. The van der Waals surface area contributed by atoms with Crippen molar-refractivity contribution >= 4 is 29.3 Å². The molecule has 2 rings (SSSR count). The Kier molecular flexibility index (Phi) is 7.25. The number of hydrogen-bond acceptors (Lipinski definition) is 4. The van der Waals surface area contributed by atoms with Gasteiger partial charge in [0.1, 0.15) is 0 Å². The normalized spacial score (nSPS) is 14.9. The van der Waals surface area contributed by atoms with Crippen LogP contribution in [0, 0.1) is 0 Å². The van der Waals surface area contributed by atoms with Crippen molar-refractivity contribution in [2.24, 2.45) is 0 Å². The number of hydrogen-bond donors (Lipinski definition) is 1. The first-order valence-corrected chi connectivity index (χ1v) is 8.66. The molecular weight excluding hydrogens is 330 g/mol. The topological polar surface area (TPSA) is 72.5 Å². The van der Waals surface area contributed by atoms with Crippen LogP contribution in [-0.2, 0) is 14.3 Å². The highest BCUT2D eigenvalue weighted by molar-refractivity contribution is 6.30. The van der Waals surface area contributed by atoms with Crippen LogP contribution >= 0.6 is 11.6 Å². The summed E-state index contributed by atoms with van der Waals surface area (Å²) < 4.78 is 4.93. The molecule has 1 aromatic carbocycles. The van der Waals surface area contributed by atoms with E-state index in [-0.39, 0.29) is 37.2 Å². The lowest BCUT2D eigenvalue weighted by molar-refractivity contribution is -0.148. The molecule has 0 aliphatic heterocycles. The molecule has 1 aliphatic rings. The molecule has 0 saturated heterocycles. The van der Waals surface area contributed by atoms with E-state index < -0.39 is 5.97 Å². The molecule has 0 unspecified atom stereocenters. The molecule has 6 heteroatoms. The largest absolute Gasteiger partial charge is 0.456 e. The zero-order valence-corrected chi connectivity index (χ0v) is 14.3. The fraction of sp³-hybridized carbons (Fsp3) is 0.500. The highest BCUT2D eigenvalue weighted by Crippen LogP contribution is 2.17. The fourth-order valence-corrected chi connectivity index (χ4v) is 2.86. The van der Waals surface area contributed by atoms with E-state index in [0.717, 1.165) is 25.7 Å². The van der Waals surface area contributed by atoms with E-state index in [1.807, 2.05) is 0 Å². The second kappa shape index (κ2) is 9.42. The maximum Gasteiger partial charge on any atom is 0.306 e. The van der Waals surface area contributed by atoms with Gasteiger partial charge in [0, 0.05) is 23.0 Å². The third kappa shape index (κ3) is 6.32. The first kappa shape index (κ1) is 18.5. The molecule has 1 saturated carbocycles. The molecule has 24 heavy (non-hydrogen) atoms. The Morgan fingerprint density at radius 3 is 2.38 bits per heavy atom. The van der Waals surface area contributed by atoms with E-state index in [0.29, 0.717) is 10.6 Å². The molecule has 0 atom stereocenters. The van der Waals surface area contributed by atoms with Crippen molar-refractivity contribution in [3.63, 3.8) is 0 Å². The van der Waals surface area contributed by atoms with Gasteiger partial charge in [-0.25, -0.2) is 0 Å². The lowest BCUT2D eigenvalue weighted by atomic mass is 9.95. The average molecular weight is 352 g/mol. The lowest BCUT2D eigenvalue weighted by Crippen LogP contribution is -2.38. The molecule has 0 bridgehead atoms. The van der Waals surface area contributed by atoms with Gasteiger partial charge in [-0.2, -0.15) is 0 Å². The maximum absolute atomic E-state index is 11.9. The van der Waals surface area contributed by atoms with E-state index in [9.17, 15) is 14.4 Å². The summed E-state index contributed by atoms with van der Waals surface area (Å²) in [6, 6.07) is 6.68.